The van der Waals surface area contributed by atoms with Crippen molar-refractivity contribution in [3.05, 3.63) is 90.1 Å². The molecule has 36 heavy (non-hydrogen) atoms. The third-order valence-electron chi connectivity index (χ3n) is 5.49. The summed E-state index contributed by atoms with van der Waals surface area (Å²) in [5, 5.41) is 7.61. The first-order chi connectivity index (χ1) is 17.5. The van der Waals surface area contributed by atoms with E-state index in [1.165, 1.54) is 13.2 Å². The number of carbonyl (C=O) groups excluding carboxylic acids is 1. The predicted molar refractivity (Wildman–Crippen MR) is 131 cm³/mol. The molecule has 4 rings (SSSR count). The monoisotopic (exact) mass is 493 g/mol. The van der Waals surface area contributed by atoms with Gasteiger partial charge in [0.15, 0.2) is 11.5 Å². The Morgan fingerprint density at radius 3 is 2.39 bits per heavy atom. The number of nitrogens with zero attached hydrogens (tertiary/aromatic N) is 2. The van der Waals surface area contributed by atoms with Crippen molar-refractivity contribution in [3.63, 3.8) is 0 Å². The van der Waals surface area contributed by atoms with Crippen molar-refractivity contribution in [2.75, 3.05) is 20.8 Å². The number of hydrogen-bond acceptors (Lipinski definition) is 5. The summed E-state index contributed by atoms with van der Waals surface area (Å²) in [5.74, 6) is 0.447. The van der Waals surface area contributed by atoms with Crippen LogP contribution in [0.2, 0.25) is 0 Å². The van der Waals surface area contributed by atoms with Gasteiger partial charge in [-0.05, 0) is 48.4 Å². The smallest absolute Gasteiger partial charge is 0.387 e. The zero-order chi connectivity index (χ0) is 25.5. The van der Waals surface area contributed by atoms with Gasteiger partial charge in [0.25, 0.3) is 5.91 Å². The van der Waals surface area contributed by atoms with Crippen molar-refractivity contribution in [1.82, 2.24) is 15.1 Å². The van der Waals surface area contributed by atoms with Gasteiger partial charge in [0.1, 0.15) is 11.4 Å². The minimum Gasteiger partial charge on any atom is -0.496 e. The van der Waals surface area contributed by atoms with Crippen LogP contribution >= 0.6 is 0 Å². The van der Waals surface area contributed by atoms with Crippen LogP contribution in [0.15, 0.2) is 79.0 Å². The number of para-hydroxylation sites is 2. The normalized spacial score (nSPS) is 10.8. The lowest BCUT2D eigenvalue weighted by atomic mass is 10.1. The molecule has 3 aromatic carbocycles. The number of nitrogens with one attached hydrogen (secondary N) is 1. The van der Waals surface area contributed by atoms with Gasteiger partial charge in [-0.2, -0.15) is 13.9 Å². The van der Waals surface area contributed by atoms with E-state index in [1.54, 1.807) is 30.1 Å². The molecule has 1 heterocycles. The van der Waals surface area contributed by atoms with E-state index in [-0.39, 0.29) is 17.4 Å². The van der Waals surface area contributed by atoms with Crippen LogP contribution < -0.4 is 19.5 Å². The number of methoxy groups -OCH3 is 2. The minimum absolute atomic E-state index is 0.0462. The molecular formula is C27H25F2N3O4. The standard InChI is InChI=1S/C27H25F2N3O4/c1-34-22-11-7-6-10-20(22)25-21(17-32(31-25)19-8-4-3-5-9-19)26(33)30-15-14-18-12-13-23(36-27(28)29)24(16-18)35-2/h3-13,16-17,27H,14-15H2,1-2H3,(H,30,33). The van der Waals surface area contributed by atoms with Gasteiger partial charge in [0.2, 0.25) is 0 Å². The average Bonchev–Trinajstić information content (AvgIpc) is 3.35. The number of rotatable bonds is 10. The van der Waals surface area contributed by atoms with Crippen LogP contribution in [-0.4, -0.2) is 43.1 Å². The maximum Gasteiger partial charge on any atom is 0.387 e. The second kappa shape index (κ2) is 11.4. The molecule has 0 bridgehead atoms. The molecule has 0 aliphatic rings. The van der Waals surface area contributed by atoms with Crippen molar-refractivity contribution in [3.8, 4) is 34.2 Å². The van der Waals surface area contributed by atoms with E-state index >= 15 is 0 Å². The number of benzene rings is 3. The Morgan fingerprint density at radius 1 is 0.944 bits per heavy atom. The number of hydrogen-bond donors (Lipinski definition) is 1. The molecule has 1 aromatic heterocycles. The van der Waals surface area contributed by atoms with Crippen LogP contribution in [0.4, 0.5) is 8.78 Å². The lowest BCUT2D eigenvalue weighted by Gasteiger charge is -2.12. The molecule has 7 nitrogen and oxygen atoms in total. The van der Waals surface area contributed by atoms with Gasteiger partial charge < -0.3 is 19.5 Å². The molecule has 0 unspecified atom stereocenters. The molecular weight excluding hydrogens is 468 g/mol. The SMILES string of the molecule is COc1cc(CCNC(=O)c2cn(-c3ccccc3)nc2-c2ccccc2OC)ccc1OC(F)F. The van der Waals surface area contributed by atoms with E-state index in [9.17, 15) is 13.6 Å². The molecule has 0 saturated heterocycles. The molecule has 9 heteroatoms. The summed E-state index contributed by atoms with van der Waals surface area (Å²) >= 11 is 0. The summed E-state index contributed by atoms with van der Waals surface area (Å²) in [5.41, 5.74) is 3.18. The topological polar surface area (TPSA) is 74.6 Å². The quantitative estimate of drug-likeness (QED) is 0.332. The van der Waals surface area contributed by atoms with Gasteiger partial charge in [-0.15, -0.1) is 0 Å². The first kappa shape index (κ1) is 24.7. The number of carbonyl (C=O) groups is 1. The average molecular weight is 494 g/mol. The van der Waals surface area contributed by atoms with Gasteiger partial charge >= 0.3 is 6.61 Å². The number of amides is 1. The van der Waals surface area contributed by atoms with Crippen LogP contribution in [0.5, 0.6) is 17.2 Å². The Kier molecular flexibility index (Phi) is 7.79. The molecule has 0 saturated carbocycles. The lowest BCUT2D eigenvalue weighted by molar-refractivity contribution is -0.0512. The van der Waals surface area contributed by atoms with Crippen LogP contribution in [0.3, 0.4) is 0 Å². The first-order valence-corrected chi connectivity index (χ1v) is 11.2. The van der Waals surface area contributed by atoms with Gasteiger partial charge in [-0.3, -0.25) is 4.79 Å². The molecule has 0 fully saturated rings. The van der Waals surface area contributed by atoms with E-state index in [4.69, 9.17) is 9.47 Å². The maximum absolute atomic E-state index is 13.2. The lowest BCUT2D eigenvalue weighted by Crippen LogP contribution is -2.26. The molecule has 4 aromatic rings. The fourth-order valence-electron chi connectivity index (χ4n) is 3.77. The zero-order valence-corrected chi connectivity index (χ0v) is 19.8. The van der Waals surface area contributed by atoms with Crippen molar-refractivity contribution in [2.24, 2.45) is 0 Å². The predicted octanol–water partition coefficient (Wildman–Crippen LogP) is 5.13. The van der Waals surface area contributed by atoms with E-state index < -0.39 is 6.61 Å². The summed E-state index contributed by atoms with van der Waals surface area (Å²) in [7, 11) is 2.95. The Hall–Kier alpha value is -4.40. The molecule has 0 radical (unpaired) electrons. The van der Waals surface area contributed by atoms with Gasteiger partial charge in [-0.1, -0.05) is 36.4 Å². The van der Waals surface area contributed by atoms with Crippen molar-refractivity contribution >= 4 is 5.91 Å². The summed E-state index contributed by atoms with van der Waals surface area (Å²) in [6.45, 7) is -2.64. The van der Waals surface area contributed by atoms with E-state index in [0.717, 1.165) is 11.3 Å². The van der Waals surface area contributed by atoms with Crippen molar-refractivity contribution < 1.29 is 27.8 Å². The Labute approximate surface area is 207 Å². The number of ether oxygens (including phenoxy) is 3. The second-order valence-corrected chi connectivity index (χ2v) is 7.74. The Bertz CT molecular complexity index is 1330. The number of aromatic nitrogens is 2. The maximum atomic E-state index is 13.2. The molecule has 0 aliphatic heterocycles. The van der Waals surface area contributed by atoms with Crippen LogP contribution in [0.25, 0.3) is 16.9 Å². The largest absolute Gasteiger partial charge is 0.496 e. The molecule has 0 aliphatic carbocycles. The Balaban J connectivity index is 1.55. The third-order valence-corrected chi connectivity index (χ3v) is 5.49. The van der Waals surface area contributed by atoms with Gasteiger partial charge in [-0.25, -0.2) is 4.68 Å². The summed E-state index contributed by atoms with van der Waals surface area (Å²) in [6.07, 6.45) is 2.14. The van der Waals surface area contributed by atoms with Crippen LogP contribution in [0, 0.1) is 0 Å². The van der Waals surface area contributed by atoms with E-state index in [1.807, 2.05) is 54.6 Å². The fraction of sp³-hybridized carbons (Fsp3) is 0.185. The molecule has 1 N–H and O–H groups in total. The Morgan fingerprint density at radius 2 is 1.67 bits per heavy atom. The van der Waals surface area contributed by atoms with Crippen LogP contribution in [0.1, 0.15) is 15.9 Å². The zero-order valence-electron chi connectivity index (χ0n) is 19.8. The van der Waals surface area contributed by atoms with E-state index in [0.29, 0.717) is 35.5 Å². The summed E-state index contributed by atoms with van der Waals surface area (Å²) < 4.78 is 41.9. The highest BCUT2D eigenvalue weighted by atomic mass is 19.3. The number of alkyl halides is 2. The number of halogens is 2. The first-order valence-electron chi connectivity index (χ1n) is 11.2. The summed E-state index contributed by atoms with van der Waals surface area (Å²) in [4.78, 5) is 13.2. The highest BCUT2D eigenvalue weighted by Gasteiger charge is 2.21. The van der Waals surface area contributed by atoms with Crippen molar-refractivity contribution in [1.29, 1.82) is 0 Å². The second-order valence-electron chi connectivity index (χ2n) is 7.74. The molecule has 0 spiro atoms. The highest BCUT2D eigenvalue weighted by Crippen LogP contribution is 2.32. The molecule has 1 amide bonds. The molecule has 186 valence electrons. The fourth-order valence-corrected chi connectivity index (χ4v) is 3.77. The van der Waals surface area contributed by atoms with Gasteiger partial charge in [0.05, 0.1) is 25.5 Å². The summed E-state index contributed by atoms with van der Waals surface area (Å²) in [6, 6.07) is 21.5. The highest BCUT2D eigenvalue weighted by molar-refractivity contribution is 6.00. The molecule has 0 atom stereocenters. The van der Waals surface area contributed by atoms with E-state index in [2.05, 4.69) is 15.2 Å². The van der Waals surface area contributed by atoms with Crippen molar-refractivity contribution in [2.45, 2.75) is 13.0 Å². The third kappa shape index (κ3) is 5.63. The van der Waals surface area contributed by atoms with Crippen LogP contribution in [-0.2, 0) is 6.42 Å². The minimum atomic E-state index is -2.95. The van der Waals surface area contributed by atoms with Gasteiger partial charge in [0, 0.05) is 18.3 Å².